The summed E-state index contributed by atoms with van der Waals surface area (Å²) >= 11 is 0. The van der Waals surface area contributed by atoms with Gasteiger partial charge in [0.05, 0.1) is 12.2 Å². The number of carbonyl (C=O) groups is 2. The van der Waals surface area contributed by atoms with Crippen LogP contribution in [0.5, 0.6) is 11.5 Å². The van der Waals surface area contributed by atoms with Crippen LogP contribution in [0.3, 0.4) is 0 Å². The summed E-state index contributed by atoms with van der Waals surface area (Å²) in [5, 5.41) is 2.82. The first kappa shape index (κ1) is 17.9. The van der Waals surface area contributed by atoms with Gasteiger partial charge in [-0.3, -0.25) is 14.5 Å². The molecule has 3 rings (SSSR count). The molecule has 136 valence electrons. The van der Waals surface area contributed by atoms with E-state index >= 15 is 0 Å². The van der Waals surface area contributed by atoms with Gasteiger partial charge < -0.3 is 14.8 Å². The van der Waals surface area contributed by atoms with Crippen LogP contribution in [-0.2, 0) is 4.79 Å². The molecule has 1 aliphatic heterocycles. The number of likely N-dealkylation sites (N-methyl/N-ethyl adjacent to an activating group) is 1. The molecule has 26 heavy (non-hydrogen) atoms. The van der Waals surface area contributed by atoms with Crippen molar-refractivity contribution >= 4 is 17.4 Å². The molecule has 1 heterocycles. The first-order valence-corrected chi connectivity index (χ1v) is 8.45. The number of hydrogen-bond acceptors (Lipinski definition) is 5. The van der Waals surface area contributed by atoms with Gasteiger partial charge in [0, 0.05) is 17.7 Å². The smallest absolute Gasteiger partial charge is 0.238 e. The zero-order valence-corrected chi connectivity index (χ0v) is 15.1. The highest BCUT2D eigenvalue weighted by Gasteiger charge is 2.21. The Labute approximate surface area is 152 Å². The molecule has 1 atom stereocenters. The number of nitrogens with one attached hydrogen (secondary N) is 1. The highest BCUT2D eigenvalue weighted by molar-refractivity contribution is 6.05. The number of anilines is 1. The summed E-state index contributed by atoms with van der Waals surface area (Å²) in [4.78, 5) is 26.4. The van der Waals surface area contributed by atoms with Gasteiger partial charge in [-0.15, -0.1) is 0 Å². The number of ether oxygens (including phenoxy) is 2. The number of ketones is 1. The van der Waals surface area contributed by atoms with Crippen molar-refractivity contribution in [3.8, 4) is 11.5 Å². The lowest BCUT2D eigenvalue weighted by atomic mass is 10.1. The van der Waals surface area contributed by atoms with Crippen molar-refractivity contribution in [3.63, 3.8) is 0 Å². The third-order valence-electron chi connectivity index (χ3n) is 4.50. The van der Waals surface area contributed by atoms with Crippen LogP contribution in [0.25, 0.3) is 0 Å². The average molecular weight is 354 g/mol. The van der Waals surface area contributed by atoms with E-state index in [9.17, 15) is 9.59 Å². The summed E-state index contributed by atoms with van der Waals surface area (Å²) in [7, 11) is 1.89. The molecule has 1 aliphatic rings. The molecule has 6 heteroatoms. The van der Waals surface area contributed by atoms with Crippen LogP contribution < -0.4 is 14.8 Å². The number of rotatable bonds is 6. The van der Waals surface area contributed by atoms with Crippen molar-refractivity contribution in [2.24, 2.45) is 0 Å². The number of Topliss-reactive ketones (excluding diaryl/α,β-unsaturated/α-hetero) is 1. The van der Waals surface area contributed by atoms with Crippen molar-refractivity contribution < 1.29 is 19.1 Å². The lowest BCUT2D eigenvalue weighted by Gasteiger charge is -2.24. The van der Waals surface area contributed by atoms with Crippen molar-refractivity contribution in [1.82, 2.24) is 4.90 Å². The van der Waals surface area contributed by atoms with Crippen LogP contribution in [0.1, 0.15) is 35.8 Å². The molecule has 1 unspecified atom stereocenters. The van der Waals surface area contributed by atoms with Crippen LogP contribution in [-0.4, -0.2) is 37.0 Å². The molecule has 0 aromatic heterocycles. The summed E-state index contributed by atoms with van der Waals surface area (Å²) < 4.78 is 10.6. The standard InChI is InChI=1S/C20H22N2O4/c1-13(15-7-5-4-6-8-15)22(3)11-20(24)21-17-10-19-18(25-12-26-19)9-16(17)14(2)23/h4-10,13H,11-12H2,1-3H3,(H,21,24). The Balaban J connectivity index is 1.71. The first-order valence-electron chi connectivity index (χ1n) is 8.45. The van der Waals surface area contributed by atoms with Gasteiger partial charge in [-0.1, -0.05) is 30.3 Å². The van der Waals surface area contributed by atoms with E-state index < -0.39 is 0 Å². The number of nitrogens with zero attached hydrogens (tertiary/aromatic N) is 1. The summed E-state index contributed by atoms with van der Waals surface area (Å²) in [5.41, 5.74) is 1.98. The lowest BCUT2D eigenvalue weighted by Crippen LogP contribution is -2.32. The second-order valence-corrected chi connectivity index (χ2v) is 6.36. The summed E-state index contributed by atoms with van der Waals surface area (Å²) in [6.45, 7) is 3.81. The van der Waals surface area contributed by atoms with E-state index in [1.165, 1.54) is 6.92 Å². The highest BCUT2D eigenvalue weighted by atomic mass is 16.7. The number of carbonyl (C=O) groups excluding carboxylic acids is 2. The van der Waals surface area contributed by atoms with E-state index in [0.717, 1.165) is 5.56 Å². The van der Waals surface area contributed by atoms with Gasteiger partial charge in [-0.25, -0.2) is 0 Å². The van der Waals surface area contributed by atoms with Crippen molar-refractivity contribution in [1.29, 1.82) is 0 Å². The van der Waals surface area contributed by atoms with E-state index in [-0.39, 0.29) is 31.1 Å². The first-order chi connectivity index (χ1) is 12.5. The SMILES string of the molecule is CC(=O)c1cc2c(cc1NC(=O)CN(C)C(C)c1ccccc1)OCO2. The average Bonchev–Trinajstić information content (AvgIpc) is 3.08. The fourth-order valence-corrected chi connectivity index (χ4v) is 2.88. The molecule has 2 aromatic carbocycles. The molecule has 0 saturated heterocycles. The predicted molar refractivity (Wildman–Crippen MR) is 98.7 cm³/mol. The molecular weight excluding hydrogens is 332 g/mol. The zero-order valence-electron chi connectivity index (χ0n) is 15.1. The van der Waals surface area contributed by atoms with Crippen LogP contribution in [0.4, 0.5) is 5.69 Å². The Morgan fingerprint density at radius 1 is 1.15 bits per heavy atom. The number of fused-ring (bicyclic) bond motifs is 1. The second kappa shape index (κ2) is 7.58. The van der Waals surface area contributed by atoms with Crippen LogP contribution in [0.15, 0.2) is 42.5 Å². The Morgan fingerprint density at radius 3 is 2.46 bits per heavy atom. The maximum atomic E-state index is 12.5. The quantitative estimate of drug-likeness (QED) is 0.807. The summed E-state index contributed by atoms with van der Waals surface area (Å²) in [5.74, 6) is 0.695. The van der Waals surface area contributed by atoms with Gasteiger partial charge in [-0.05, 0) is 32.5 Å². The lowest BCUT2D eigenvalue weighted by molar-refractivity contribution is -0.117. The fraction of sp³-hybridized carbons (Fsp3) is 0.300. The van der Waals surface area contributed by atoms with Crippen molar-refractivity contribution in [2.45, 2.75) is 19.9 Å². The Bertz CT molecular complexity index is 820. The molecule has 6 nitrogen and oxygen atoms in total. The molecule has 2 aromatic rings. The Hall–Kier alpha value is -2.86. The van der Waals surface area contributed by atoms with Gasteiger partial charge in [0.2, 0.25) is 12.7 Å². The highest BCUT2D eigenvalue weighted by Crippen LogP contribution is 2.37. The minimum Gasteiger partial charge on any atom is -0.454 e. The van der Waals surface area contributed by atoms with Gasteiger partial charge in [0.1, 0.15) is 0 Å². The van der Waals surface area contributed by atoms with Gasteiger partial charge in [0.25, 0.3) is 0 Å². The van der Waals surface area contributed by atoms with Crippen molar-refractivity contribution in [3.05, 3.63) is 53.6 Å². The maximum absolute atomic E-state index is 12.5. The molecule has 1 amide bonds. The third-order valence-corrected chi connectivity index (χ3v) is 4.50. The molecule has 0 radical (unpaired) electrons. The van der Waals surface area contributed by atoms with E-state index in [0.29, 0.717) is 22.7 Å². The maximum Gasteiger partial charge on any atom is 0.238 e. The van der Waals surface area contributed by atoms with Crippen LogP contribution >= 0.6 is 0 Å². The monoisotopic (exact) mass is 354 g/mol. The van der Waals surface area contributed by atoms with Crippen molar-refractivity contribution in [2.75, 3.05) is 25.7 Å². The Morgan fingerprint density at radius 2 is 1.81 bits per heavy atom. The largest absolute Gasteiger partial charge is 0.454 e. The molecule has 0 bridgehead atoms. The number of benzene rings is 2. The Kier molecular flexibility index (Phi) is 5.23. The van der Waals surface area contributed by atoms with Crippen LogP contribution in [0.2, 0.25) is 0 Å². The molecule has 0 fully saturated rings. The van der Waals surface area contributed by atoms with E-state index in [1.54, 1.807) is 12.1 Å². The molecule has 0 saturated carbocycles. The molecule has 0 spiro atoms. The molecule has 0 aliphatic carbocycles. The number of hydrogen-bond donors (Lipinski definition) is 1. The van der Waals surface area contributed by atoms with E-state index in [4.69, 9.17) is 9.47 Å². The minimum absolute atomic E-state index is 0.0889. The third kappa shape index (κ3) is 3.86. The zero-order chi connectivity index (χ0) is 18.7. The predicted octanol–water partition coefficient (Wildman–Crippen LogP) is 3.25. The summed E-state index contributed by atoms with van der Waals surface area (Å²) in [6, 6.07) is 13.3. The fourth-order valence-electron chi connectivity index (χ4n) is 2.88. The second-order valence-electron chi connectivity index (χ2n) is 6.36. The van der Waals surface area contributed by atoms with Crippen LogP contribution in [0, 0.1) is 0 Å². The number of amides is 1. The normalized spacial score (nSPS) is 13.5. The summed E-state index contributed by atoms with van der Waals surface area (Å²) in [6.07, 6.45) is 0. The molecule has 1 N–H and O–H groups in total. The van der Waals surface area contributed by atoms with E-state index in [1.807, 2.05) is 49.2 Å². The van der Waals surface area contributed by atoms with Gasteiger partial charge in [-0.2, -0.15) is 0 Å². The van der Waals surface area contributed by atoms with Gasteiger partial charge in [0.15, 0.2) is 17.3 Å². The van der Waals surface area contributed by atoms with E-state index in [2.05, 4.69) is 5.32 Å². The molecular formula is C20H22N2O4. The van der Waals surface area contributed by atoms with Gasteiger partial charge >= 0.3 is 0 Å². The minimum atomic E-state index is -0.198. The topological polar surface area (TPSA) is 67.9 Å².